The lowest BCUT2D eigenvalue weighted by atomic mass is 10.0. The Morgan fingerprint density at radius 3 is 2.55 bits per heavy atom. The molecule has 1 N–H and O–H groups in total. The molecule has 7 heteroatoms. The Morgan fingerprint density at radius 1 is 1.00 bits per heavy atom. The zero-order valence-corrected chi connectivity index (χ0v) is 15.7. The maximum Gasteiger partial charge on any atom is 0.229 e. The zero-order valence-electron chi connectivity index (χ0n) is 15.7. The lowest BCUT2D eigenvalue weighted by molar-refractivity contribution is -0.139. The monoisotopic (exact) mass is 390 g/mol. The molecule has 2 heterocycles. The van der Waals surface area contributed by atoms with E-state index in [9.17, 15) is 14.0 Å². The number of benzene rings is 2. The largest absolute Gasteiger partial charge is 0.367 e. The second kappa shape index (κ2) is 6.92. The average molecular weight is 390 g/mol. The van der Waals surface area contributed by atoms with E-state index in [4.69, 9.17) is 0 Å². The lowest BCUT2D eigenvalue weighted by Crippen LogP contribution is -2.28. The van der Waals surface area contributed by atoms with Gasteiger partial charge in [-0.3, -0.25) is 14.5 Å². The van der Waals surface area contributed by atoms with Crippen molar-refractivity contribution in [3.05, 3.63) is 54.1 Å². The highest BCUT2D eigenvalue weighted by Gasteiger charge is 2.29. The van der Waals surface area contributed by atoms with Gasteiger partial charge >= 0.3 is 0 Å². The molecule has 1 aliphatic heterocycles. The lowest BCUT2D eigenvalue weighted by Gasteiger charge is -2.15. The first-order chi connectivity index (χ1) is 14.1. The molecule has 2 amide bonds. The predicted molar refractivity (Wildman–Crippen MR) is 106 cm³/mol. The van der Waals surface area contributed by atoms with Crippen LogP contribution in [-0.2, 0) is 16.1 Å². The Labute approximate surface area is 166 Å². The van der Waals surface area contributed by atoms with Gasteiger partial charge in [-0.15, -0.1) is 0 Å². The molecule has 1 saturated carbocycles. The van der Waals surface area contributed by atoms with Crippen LogP contribution in [0.4, 0.5) is 10.2 Å². The van der Waals surface area contributed by atoms with Crippen molar-refractivity contribution in [1.29, 1.82) is 0 Å². The first kappa shape index (κ1) is 17.7. The molecule has 3 aromatic rings. The molecule has 6 nitrogen and oxygen atoms in total. The summed E-state index contributed by atoms with van der Waals surface area (Å²) in [6, 6.07) is 10.8. The first-order valence-corrected chi connectivity index (χ1v) is 9.71. The average Bonchev–Trinajstić information content (AvgIpc) is 3.48. The van der Waals surface area contributed by atoms with Gasteiger partial charge in [0, 0.05) is 24.3 Å². The number of likely N-dealkylation sites (tertiary alicyclic amines) is 1. The second-order valence-electron chi connectivity index (χ2n) is 7.59. The highest BCUT2D eigenvalue weighted by molar-refractivity contribution is 6.01. The molecule has 0 radical (unpaired) electrons. The number of aromatic nitrogens is 2. The zero-order chi connectivity index (χ0) is 20.0. The normalized spacial score (nSPS) is 16.7. The van der Waals surface area contributed by atoms with Gasteiger partial charge in [0.1, 0.15) is 18.0 Å². The van der Waals surface area contributed by atoms with Crippen molar-refractivity contribution < 1.29 is 14.0 Å². The Morgan fingerprint density at radius 2 is 1.79 bits per heavy atom. The summed E-state index contributed by atoms with van der Waals surface area (Å²) in [4.78, 5) is 33.7. The summed E-state index contributed by atoms with van der Waals surface area (Å²) in [7, 11) is 0. The van der Waals surface area contributed by atoms with Gasteiger partial charge in [-0.2, -0.15) is 0 Å². The fourth-order valence-electron chi connectivity index (χ4n) is 3.66. The van der Waals surface area contributed by atoms with Crippen LogP contribution in [0.3, 0.4) is 0 Å². The minimum Gasteiger partial charge on any atom is -0.367 e. The van der Waals surface area contributed by atoms with Crippen molar-refractivity contribution in [1.82, 2.24) is 14.9 Å². The number of anilines is 1. The Hall–Kier alpha value is -3.35. The molecule has 2 aromatic carbocycles. The van der Waals surface area contributed by atoms with Gasteiger partial charge in [0.25, 0.3) is 0 Å². The van der Waals surface area contributed by atoms with Crippen LogP contribution in [-0.4, -0.2) is 32.7 Å². The summed E-state index contributed by atoms with van der Waals surface area (Å²) in [5.41, 5.74) is 2.91. The van der Waals surface area contributed by atoms with Crippen molar-refractivity contribution in [3.63, 3.8) is 0 Å². The molecule has 5 rings (SSSR count). The molecule has 2 aliphatic rings. The van der Waals surface area contributed by atoms with Gasteiger partial charge in [0.05, 0.1) is 12.1 Å². The molecule has 0 atom stereocenters. The Bertz CT molecular complexity index is 1130. The fraction of sp³-hybridized carbons (Fsp3) is 0.273. The summed E-state index contributed by atoms with van der Waals surface area (Å²) < 4.78 is 14.3. The molecule has 29 heavy (non-hydrogen) atoms. The van der Waals surface area contributed by atoms with E-state index in [2.05, 4.69) is 15.3 Å². The number of carbonyl (C=O) groups is 2. The van der Waals surface area contributed by atoms with E-state index in [1.165, 1.54) is 23.4 Å². The van der Waals surface area contributed by atoms with Crippen LogP contribution in [0.1, 0.15) is 31.2 Å². The van der Waals surface area contributed by atoms with Crippen molar-refractivity contribution in [2.75, 3.05) is 5.32 Å². The molecule has 1 aliphatic carbocycles. The smallest absolute Gasteiger partial charge is 0.229 e. The number of nitrogens with zero attached hydrogens (tertiary/aromatic N) is 3. The third-order valence-electron chi connectivity index (χ3n) is 5.34. The number of carbonyl (C=O) groups excluding carboxylic acids is 2. The molecule has 2 fully saturated rings. The number of fused-ring (bicyclic) bond motifs is 1. The Balaban J connectivity index is 1.51. The van der Waals surface area contributed by atoms with Crippen LogP contribution in [0, 0.1) is 5.82 Å². The third kappa shape index (κ3) is 3.55. The minimum atomic E-state index is -0.405. The maximum absolute atomic E-state index is 14.3. The molecule has 1 saturated heterocycles. The van der Waals surface area contributed by atoms with Gasteiger partial charge in [0.15, 0.2) is 0 Å². The van der Waals surface area contributed by atoms with Crippen molar-refractivity contribution in [2.24, 2.45) is 0 Å². The van der Waals surface area contributed by atoms with Crippen molar-refractivity contribution in [2.45, 2.75) is 38.3 Å². The van der Waals surface area contributed by atoms with E-state index in [-0.39, 0.29) is 31.2 Å². The standard InChI is InChI=1S/C22H19FN4O2/c23-16-8-13(11-27-20(28)5-6-21(27)29)7-15(9-16)14-1-4-19-18(10-14)22(25-12-24-19)26-17-2-3-17/h1,4,7-10,12,17H,2-3,5-6,11H2,(H,24,25,26). The van der Waals surface area contributed by atoms with Crippen LogP contribution in [0.5, 0.6) is 0 Å². The quantitative estimate of drug-likeness (QED) is 0.673. The maximum atomic E-state index is 14.3. The summed E-state index contributed by atoms with van der Waals surface area (Å²) in [6.07, 6.45) is 4.25. The number of imide groups is 1. The molecule has 0 unspecified atom stereocenters. The second-order valence-corrected chi connectivity index (χ2v) is 7.59. The van der Waals surface area contributed by atoms with E-state index < -0.39 is 5.82 Å². The van der Waals surface area contributed by atoms with E-state index >= 15 is 0 Å². The van der Waals surface area contributed by atoms with Crippen molar-refractivity contribution >= 4 is 28.5 Å². The highest BCUT2D eigenvalue weighted by atomic mass is 19.1. The first-order valence-electron chi connectivity index (χ1n) is 9.71. The van der Waals surface area contributed by atoms with E-state index in [0.717, 1.165) is 35.1 Å². The van der Waals surface area contributed by atoms with E-state index in [1.807, 2.05) is 24.3 Å². The molecule has 146 valence electrons. The van der Waals surface area contributed by atoms with Gasteiger partial charge in [-0.05, 0) is 59.9 Å². The van der Waals surface area contributed by atoms with Gasteiger partial charge in [-0.25, -0.2) is 14.4 Å². The number of halogens is 1. The molecule has 0 spiro atoms. The van der Waals surface area contributed by atoms with E-state index in [1.54, 1.807) is 0 Å². The number of rotatable bonds is 5. The Kier molecular flexibility index (Phi) is 4.23. The SMILES string of the molecule is O=C1CCC(=O)N1Cc1cc(F)cc(-c2ccc3ncnc(NC4CC4)c3c2)c1. The molecule has 1 aromatic heterocycles. The van der Waals surface area contributed by atoms with Gasteiger partial charge in [-0.1, -0.05) is 6.07 Å². The summed E-state index contributed by atoms with van der Waals surface area (Å²) in [5, 5.41) is 4.29. The van der Waals surface area contributed by atoms with Crippen LogP contribution >= 0.6 is 0 Å². The minimum absolute atomic E-state index is 0.0909. The summed E-state index contributed by atoms with van der Waals surface area (Å²) in [5.74, 6) is -0.0412. The third-order valence-corrected chi connectivity index (χ3v) is 5.34. The van der Waals surface area contributed by atoms with Crippen LogP contribution in [0.2, 0.25) is 0 Å². The summed E-state index contributed by atoms with van der Waals surface area (Å²) >= 11 is 0. The highest BCUT2D eigenvalue weighted by Crippen LogP contribution is 2.31. The van der Waals surface area contributed by atoms with Gasteiger partial charge < -0.3 is 5.32 Å². The van der Waals surface area contributed by atoms with Gasteiger partial charge in [0.2, 0.25) is 11.8 Å². The number of amides is 2. The molecular weight excluding hydrogens is 371 g/mol. The number of hydrogen-bond acceptors (Lipinski definition) is 5. The molecule has 0 bridgehead atoms. The van der Waals surface area contributed by atoms with Crippen LogP contribution in [0.15, 0.2) is 42.7 Å². The molecular formula is C22H19FN4O2. The topological polar surface area (TPSA) is 75.2 Å². The fourth-order valence-corrected chi connectivity index (χ4v) is 3.66. The van der Waals surface area contributed by atoms with Crippen LogP contribution in [0.25, 0.3) is 22.0 Å². The number of hydrogen-bond donors (Lipinski definition) is 1. The van der Waals surface area contributed by atoms with E-state index in [0.29, 0.717) is 17.2 Å². The number of nitrogens with one attached hydrogen (secondary N) is 1. The summed E-state index contributed by atoms with van der Waals surface area (Å²) in [6.45, 7) is 0.0909. The van der Waals surface area contributed by atoms with Crippen LogP contribution < -0.4 is 5.32 Å². The van der Waals surface area contributed by atoms with Crippen molar-refractivity contribution in [3.8, 4) is 11.1 Å². The predicted octanol–water partition coefficient (Wildman–Crippen LogP) is 3.66.